The fourth-order valence-corrected chi connectivity index (χ4v) is 2.86. The first-order chi connectivity index (χ1) is 9.25. The number of hydrogen-bond donors (Lipinski definition) is 1. The van der Waals surface area contributed by atoms with Crippen molar-refractivity contribution in [3.05, 3.63) is 29.3 Å². The van der Waals surface area contributed by atoms with E-state index in [1.807, 2.05) is 18.3 Å². The van der Waals surface area contributed by atoms with Crippen molar-refractivity contribution in [1.29, 1.82) is 0 Å². The number of fused-ring (bicyclic) bond motifs is 1. The summed E-state index contributed by atoms with van der Waals surface area (Å²) in [5.74, 6) is 0.472. The van der Waals surface area contributed by atoms with Gasteiger partial charge in [-0.15, -0.1) is 0 Å². The third kappa shape index (κ3) is 1.58. The molecule has 6 nitrogen and oxygen atoms in total. The molecule has 0 amide bonds. The van der Waals surface area contributed by atoms with Gasteiger partial charge in [0, 0.05) is 11.8 Å². The van der Waals surface area contributed by atoms with Crippen molar-refractivity contribution in [1.82, 2.24) is 24.4 Å². The zero-order valence-electron chi connectivity index (χ0n) is 9.99. The Morgan fingerprint density at radius 3 is 2.95 bits per heavy atom. The van der Waals surface area contributed by atoms with Crippen molar-refractivity contribution < 1.29 is 0 Å². The molecule has 0 aromatic carbocycles. The average molecular weight is 319 g/mol. The minimum Gasteiger partial charge on any atom is -0.382 e. The average Bonchev–Trinajstić information content (AvgIpc) is 3.03. The fourth-order valence-electron chi connectivity index (χ4n) is 2.36. The van der Waals surface area contributed by atoms with Gasteiger partial charge in [0.1, 0.15) is 16.4 Å². The summed E-state index contributed by atoms with van der Waals surface area (Å²) in [4.78, 5) is 4.08. The van der Waals surface area contributed by atoms with Gasteiger partial charge < -0.3 is 5.73 Å². The molecule has 0 radical (unpaired) electrons. The normalized spacial score (nSPS) is 15.2. The van der Waals surface area contributed by atoms with Crippen LogP contribution in [0.3, 0.4) is 0 Å². The van der Waals surface area contributed by atoms with Crippen LogP contribution in [0.1, 0.15) is 18.9 Å². The first-order valence-corrected chi connectivity index (χ1v) is 6.86. The summed E-state index contributed by atoms with van der Waals surface area (Å²) in [6.45, 7) is 0. The molecule has 0 saturated heterocycles. The van der Waals surface area contributed by atoms with Crippen LogP contribution < -0.4 is 5.73 Å². The second kappa shape index (κ2) is 3.80. The Kier molecular flexibility index (Phi) is 2.20. The Morgan fingerprint density at radius 2 is 2.16 bits per heavy atom. The minimum atomic E-state index is 0.472. The van der Waals surface area contributed by atoms with Crippen molar-refractivity contribution in [2.45, 2.75) is 18.9 Å². The summed E-state index contributed by atoms with van der Waals surface area (Å²) in [5.41, 5.74) is 8.88. The Balaban J connectivity index is 2.02. The summed E-state index contributed by atoms with van der Waals surface area (Å²) < 4.78 is 4.67. The number of anilines is 1. The largest absolute Gasteiger partial charge is 0.382 e. The zero-order chi connectivity index (χ0) is 13.0. The summed E-state index contributed by atoms with van der Waals surface area (Å²) in [6.07, 6.45) is 5.65. The molecule has 1 fully saturated rings. The molecule has 0 aliphatic heterocycles. The zero-order valence-corrected chi connectivity index (χ0v) is 11.6. The fraction of sp³-hybridized carbons (Fsp3) is 0.250. The monoisotopic (exact) mass is 318 g/mol. The highest BCUT2D eigenvalue weighted by Gasteiger charge is 2.28. The van der Waals surface area contributed by atoms with Crippen molar-refractivity contribution in [2.75, 3.05) is 5.73 Å². The molecule has 2 N–H and O–H groups in total. The van der Waals surface area contributed by atoms with Crippen LogP contribution >= 0.6 is 15.9 Å². The number of hydrogen-bond acceptors (Lipinski definition) is 4. The van der Waals surface area contributed by atoms with Gasteiger partial charge in [-0.1, -0.05) is 0 Å². The topological polar surface area (TPSA) is 74.0 Å². The molecule has 1 aliphatic carbocycles. The number of aromatic nitrogens is 5. The second-order valence-electron chi connectivity index (χ2n) is 4.68. The maximum atomic E-state index is 6.00. The highest BCUT2D eigenvalue weighted by molar-refractivity contribution is 9.10. The smallest absolute Gasteiger partial charge is 0.152 e. The Morgan fingerprint density at radius 1 is 1.32 bits per heavy atom. The SMILES string of the molecule is Nc1ncnn2c(Br)cc(-c3ccnn3C3CC3)c12. The van der Waals surface area contributed by atoms with E-state index < -0.39 is 0 Å². The number of rotatable bonds is 2. The van der Waals surface area contributed by atoms with Crippen molar-refractivity contribution in [3.63, 3.8) is 0 Å². The van der Waals surface area contributed by atoms with Gasteiger partial charge >= 0.3 is 0 Å². The van der Waals surface area contributed by atoms with E-state index in [9.17, 15) is 0 Å². The van der Waals surface area contributed by atoms with Crippen LogP contribution in [0.4, 0.5) is 5.82 Å². The maximum absolute atomic E-state index is 6.00. The van der Waals surface area contributed by atoms with Gasteiger partial charge in [-0.3, -0.25) is 4.68 Å². The number of nitrogens with two attached hydrogens (primary N) is 1. The molecule has 0 bridgehead atoms. The molecular weight excluding hydrogens is 308 g/mol. The van der Waals surface area contributed by atoms with Crippen LogP contribution in [0.15, 0.2) is 29.3 Å². The summed E-state index contributed by atoms with van der Waals surface area (Å²) in [7, 11) is 0. The predicted molar refractivity (Wildman–Crippen MR) is 74.6 cm³/mol. The molecule has 1 saturated carbocycles. The summed E-state index contributed by atoms with van der Waals surface area (Å²) in [6, 6.07) is 4.53. The molecule has 0 unspecified atom stereocenters. The van der Waals surface area contributed by atoms with Gasteiger partial charge in [0.05, 0.1) is 11.7 Å². The Hall–Kier alpha value is -1.89. The molecule has 96 valence electrons. The lowest BCUT2D eigenvalue weighted by Gasteiger charge is -2.05. The molecule has 0 spiro atoms. The molecule has 4 rings (SSSR count). The van der Waals surface area contributed by atoms with Crippen molar-refractivity contribution in [3.8, 4) is 11.3 Å². The van der Waals surface area contributed by atoms with Gasteiger partial charge in [-0.05, 0) is 40.9 Å². The van der Waals surface area contributed by atoms with E-state index in [4.69, 9.17) is 5.73 Å². The van der Waals surface area contributed by atoms with E-state index in [-0.39, 0.29) is 0 Å². The van der Waals surface area contributed by atoms with Crippen LogP contribution in [-0.4, -0.2) is 24.4 Å². The standard InChI is InChI=1S/C12H11BrN6/c13-10-5-8(11-12(14)15-6-17-19(10)11)9-3-4-16-18(9)7-1-2-7/h3-7H,1-2H2,(H2,14,15,17). The lowest BCUT2D eigenvalue weighted by Crippen LogP contribution is -2.01. The molecule has 1 aliphatic rings. The molecule has 7 heteroatoms. The van der Waals surface area contributed by atoms with E-state index in [0.29, 0.717) is 11.9 Å². The van der Waals surface area contributed by atoms with Crippen LogP contribution in [0, 0.1) is 0 Å². The quantitative estimate of drug-likeness (QED) is 0.786. The first kappa shape index (κ1) is 11.0. The predicted octanol–water partition coefficient (Wildman–Crippen LogP) is 2.27. The lowest BCUT2D eigenvalue weighted by molar-refractivity contribution is 0.649. The number of halogens is 1. The third-order valence-corrected chi connectivity index (χ3v) is 3.94. The molecule has 3 aromatic rings. The summed E-state index contributed by atoms with van der Waals surface area (Å²) >= 11 is 3.50. The van der Waals surface area contributed by atoms with Gasteiger partial charge in [0.15, 0.2) is 5.82 Å². The van der Waals surface area contributed by atoms with Gasteiger partial charge in [0.25, 0.3) is 0 Å². The highest BCUT2D eigenvalue weighted by atomic mass is 79.9. The van der Waals surface area contributed by atoms with E-state index in [2.05, 4.69) is 35.8 Å². The van der Waals surface area contributed by atoms with E-state index in [1.54, 1.807) is 4.52 Å². The molecule has 3 aromatic heterocycles. The number of nitrogen functional groups attached to an aromatic ring is 1. The van der Waals surface area contributed by atoms with Crippen molar-refractivity contribution >= 4 is 27.3 Å². The molecular formula is C12H11BrN6. The minimum absolute atomic E-state index is 0.472. The third-order valence-electron chi connectivity index (χ3n) is 3.38. The van der Waals surface area contributed by atoms with Gasteiger partial charge in [-0.2, -0.15) is 10.2 Å². The van der Waals surface area contributed by atoms with Crippen LogP contribution in [0.25, 0.3) is 16.8 Å². The molecule has 0 atom stereocenters. The van der Waals surface area contributed by atoms with Crippen LogP contribution in [-0.2, 0) is 0 Å². The van der Waals surface area contributed by atoms with Gasteiger partial charge in [-0.25, -0.2) is 9.50 Å². The molecule has 3 heterocycles. The lowest BCUT2D eigenvalue weighted by atomic mass is 10.2. The van der Waals surface area contributed by atoms with Crippen molar-refractivity contribution in [2.24, 2.45) is 0 Å². The van der Waals surface area contributed by atoms with Crippen LogP contribution in [0.5, 0.6) is 0 Å². The molecule has 19 heavy (non-hydrogen) atoms. The maximum Gasteiger partial charge on any atom is 0.152 e. The highest BCUT2D eigenvalue weighted by Crippen LogP contribution is 2.40. The number of nitrogens with zero attached hydrogens (tertiary/aromatic N) is 5. The second-order valence-corrected chi connectivity index (χ2v) is 5.49. The van der Waals surface area contributed by atoms with Gasteiger partial charge in [0.2, 0.25) is 0 Å². The van der Waals surface area contributed by atoms with Crippen LogP contribution in [0.2, 0.25) is 0 Å². The first-order valence-electron chi connectivity index (χ1n) is 6.07. The van der Waals surface area contributed by atoms with E-state index >= 15 is 0 Å². The van der Waals surface area contributed by atoms with E-state index in [1.165, 1.54) is 19.2 Å². The Bertz CT molecular complexity index is 770. The Labute approximate surface area is 117 Å². The van der Waals surface area contributed by atoms with E-state index in [0.717, 1.165) is 21.4 Å². The summed E-state index contributed by atoms with van der Waals surface area (Å²) in [5, 5.41) is 8.62.